The number of benzene rings is 2. The molecule has 0 atom stereocenters. The average Bonchev–Trinajstić information content (AvgIpc) is 3.04. The fourth-order valence-electron chi connectivity index (χ4n) is 2.11. The third kappa shape index (κ3) is 3.42. The first-order chi connectivity index (χ1) is 11.6. The van der Waals surface area contributed by atoms with Crippen molar-refractivity contribution < 1.29 is 14.1 Å². The van der Waals surface area contributed by atoms with E-state index in [0.717, 1.165) is 11.1 Å². The van der Waals surface area contributed by atoms with E-state index < -0.39 is 5.97 Å². The van der Waals surface area contributed by atoms with E-state index in [0.29, 0.717) is 5.82 Å². The molecule has 0 saturated heterocycles. The van der Waals surface area contributed by atoms with E-state index in [9.17, 15) is 4.79 Å². The number of esters is 1. The number of carbonyl (C=O) groups is 1. The molecule has 7 heteroatoms. The molecule has 1 heterocycles. The Kier molecular flexibility index (Phi) is 4.83. The largest absolute Gasteiger partial charge is 0.452 e. The highest BCUT2D eigenvalue weighted by Gasteiger charge is 2.16. The summed E-state index contributed by atoms with van der Waals surface area (Å²) in [6, 6.07) is 12.4. The van der Waals surface area contributed by atoms with Gasteiger partial charge < -0.3 is 9.26 Å². The van der Waals surface area contributed by atoms with Gasteiger partial charge in [-0.3, -0.25) is 0 Å². The lowest BCUT2D eigenvalue weighted by molar-refractivity contribution is 0.0430. The van der Waals surface area contributed by atoms with Crippen molar-refractivity contribution in [3.8, 4) is 11.4 Å². The predicted octanol–water partition coefficient (Wildman–Crippen LogP) is 4.71. The molecule has 0 aliphatic rings. The first-order valence-electron chi connectivity index (χ1n) is 7.06. The summed E-state index contributed by atoms with van der Waals surface area (Å²) in [7, 11) is 0. The Balaban J connectivity index is 1.71. The standard InChI is InChI=1S/C17H12Cl2N2O3/c1-10-5-2-3-6-11(10)16-20-14(24-21-16)9-23-17(22)12-7-4-8-13(18)15(12)19/h2-8H,9H2,1H3. The van der Waals surface area contributed by atoms with E-state index in [1.807, 2.05) is 31.2 Å². The molecular weight excluding hydrogens is 351 g/mol. The fraction of sp³-hybridized carbons (Fsp3) is 0.118. The molecule has 0 fully saturated rings. The molecule has 0 radical (unpaired) electrons. The van der Waals surface area contributed by atoms with E-state index in [1.165, 1.54) is 6.07 Å². The van der Waals surface area contributed by atoms with Crippen molar-refractivity contribution in [2.45, 2.75) is 13.5 Å². The molecular formula is C17H12Cl2N2O3. The second-order valence-electron chi connectivity index (χ2n) is 5.00. The molecule has 0 spiro atoms. The van der Waals surface area contributed by atoms with Crippen molar-refractivity contribution in [3.63, 3.8) is 0 Å². The lowest BCUT2D eigenvalue weighted by atomic mass is 10.1. The number of hydrogen-bond acceptors (Lipinski definition) is 5. The van der Waals surface area contributed by atoms with Crippen LogP contribution in [0.5, 0.6) is 0 Å². The number of carbonyl (C=O) groups excluding carboxylic acids is 1. The number of halogens is 2. The highest BCUT2D eigenvalue weighted by Crippen LogP contribution is 2.26. The summed E-state index contributed by atoms with van der Waals surface area (Å²) >= 11 is 11.9. The van der Waals surface area contributed by atoms with Crippen LogP contribution in [0.15, 0.2) is 47.0 Å². The van der Waals surface area contributed by atoms with Crippen LogP contribution in [0.25, 0.3) is 11.4 Å². The van der Waals surface area contributed by atoms with Crippen LogP contribution in [0, 0.1) is 6.92 Å². The average molecular weight is 363 g/mol. The van der Waals surface area contributed by atoms with Gasteiger partial charge in [-0.25, -0.2) is 4.79 Å². The Labute approximate surface area is 148 Å². The summed E-state index contributed by atoms with van der Waals surface area (Å²) in [5.41, 5.74) is 2.06. The third-order valence-electron chi connectivity index (χ3n) is 3.35. The Hall–Kier alpha value is -2.37. The zero-order valence-corrected chi connectivity index (χ0v) is 14.1. The van der Waals surface area contributed by atoms with Crippen molar-refractivity contribution in [2.75, 3.05) is 0 Å². The first kappa shape index (κ1) is 16.5. The van der Waals surface area contributed by atoms with Gasteiger partial charge in [-0.2, -0.15) is 4.98 Å². The molecule has 0 unspecified atom stereocenters. The molecule has 0 aliphatic heterocycles. The maximum Gasteiger partial charge on any atom is 0.340 e. The van der Waals surface area contributed by atoms with E-state index in [-0.39, 0.29) is 28.1 Å². The third-order valence-corrected chi connectivity index (χ3v) is 4.17. The Morgan fingerprint density at radius 2 is 1.96 bits per heavy atom. The summed E-state index contributed by atoms with van der Waals surface area (Å²) in [6.45, 7) is 1.80. The van der Waals surface area contributed by atoms with Gasteiger partial charge in [-0.15, -0.1) is 0 Å². The smallest absolute Gasteiger partial charge is 0.340 e. The number of hydrogen-bond donors (Lipinski definition) is 0. The van der Waals surface area contributed by atoms with Crippen LogP contribution < -0.4 is 0 Å². The number of ether oxygens (including phenoxy) is 1. The normalized spacial score (nSPS) is 10.6. The zero-order valence-electron chi connectivity index (χ0n) is 12.6. The minimum atomic E-state index is -0.613. The number of aryl methyl sites for hydroxylation is 1. The van der Waals surface area contributed by atoms with Crippen molar-refractivity contribution in [2.24, 2.45) is 0 Å². The summed E-state index contributed by atoms with van der Waals surface area (Å²) in [5, 5.41) is 4.34. The lowest BCUT2D eigenvalue weighted by Gasteiger charge is -2.04. The van der Waals surface area contributed by atoms with Gasteiger partial charge in [0.2, 0.25) is 5.82 Å². The number of aromatic nitrogens is 2. The molecule has 2 aromatic carbocycles. The molecule has 122 valence electrons. The zero-order chi connectivity index (χ0) is 17.1. The van der Waals surface area contributed by atoms with E-state index >= 15 is 0 Å². The van der Waals surface area contributed by atoms with Crippen LogP contribution in [0.2, 0.25) is 10.0 Å². The molecule has 0 bridgehead atoms. The summed E-state index contributed by atoms with van der Waals surface area (Å²) < 4.78 is 10.3. The molecule has 5 nitrogen and oxygen atoms in total. The van der Waals surface area contributed by atoms with Crippen LogP contribution in [-0.4, -0.2) is 16.1 Å². The van der Waals surface area contributed by atoms with Gasteiger partial charge in [0.25, 0.3) is 5.89 Å². The van der Waals surface area contributed by atoms with E-state index in [2.05, 4.69) is 10.1 Å². The highest BCUT2D eigenvalue weighted by molar-refractivity contribution is 6.43. The summed E-state index contributed by atoms with van der Waals surface area (Å²) in [4.78, 5) is 16.3. The van der Waals surface area contributed by atoms with Crippen molar-refractivity contribution >= 4 is 29.2 Å². The molecule has 3 aromatic rings. The first-order valence-corrected chi connectivity index (χ1v) is 7.81. The highest BCUT2D eigenvalue weighted by atomic mass is 35.5. The quantitative estimate of drug-likeness (QED) is 0.628. The predicted molar refractivity (Wildman–Crippen MR) is 90.1 cm³/mol. The molecule has 0 aliphatic carbocycles. The van der Waals surface area contributed by atoms with Crippen molar-refractivity contribution in [1.29, 1.82) is 0 Å². The van der Waals surface area contributed by atoms with Crippen LogP contribution in [0.4, 0.5) is 0 Å². The van der Waals surface area contributed by atoms with Crippen molar-refractivity contribution in [3.05, 3.63) is 69.5 Å². The van der Waals surface area contributed by atoms with Crippen LogP contribution in [0.1, 0.15) is 21.8 Å². The maximum absolute atomic E-state index is 12.1. The number of rotatable bonds is 4. The van der Waals surface area contributed by atoms with E-state index in [4.69, 9.17) is 32.5 Å². The molecule has 3 rings (SSSR count). The second-order valence-corrected chi connectivity index (χ2v) is 5.79. The van der Waals surface area contributed by atoms with Gasteiger partial charge >= 0.3 is 5.97 Å². The molecule has 1 aromatic heterocycles. The topological polar surface area (TPSA) is 65.2 Å². The van der Waals surface area contributed by atoms with Gasteiger partial charge in [-0.1, -0.05) is 58.7 Å². The lowest BCUT2D eigenvalue weighted by Crippen LogP contribution is -2.06. The van der Waals surface area contributed by atoms with Gasteiger partial charge in [-0.05, 0) is 24.6 Å². The van der Waals surface area contributed by atoms with Gasteiger partial charge in [0.1, 0.15) is 0 Å². The van der Waals surface area contributed by atoms with Crippen molar-refractivity contribution in [1.82, 2.24) is 10.1 Å². The minimum Gasteiger partial charge on any atom is -0.452 e. The molecule has 0 N–H and O–H groups in total. The van der Waals surface area contributed by atoms with Gasteiger partial charge in [0.05, 0.1) is 15.6 Å². The van der Waals surface area contributed by atoms with Crippen LogP contribution >= 0.6 is 23.2 Å². The van der Waals surface area contributed by atoms with Gasteiger partial charge in [0.15, 0.2) is 6.61 Å². The maximum atomic E-state index is 12.1. The summed E-state index contributed by atoms with van der Waals surface area (Å²) in [6.07, 6.45) is 0. The fourth-order valence-corrected chi connectivity index (χ4v) is 2.49. The SMILES string of the molecule is Cc1ccccc1-c1noc(COC(=O)c2cccc(Cl)c2Cl)n1. The molecule has 0 saturated carbocycles. The molecule has 0 amide bonds. The second kappa shape index (κ2) is 7.03. The summed E-state index contributed by atoms with van der Waals surface area (Å²) in [5.74, 6) is 0.0258. The Bertz CT molecular complexity index is 893. The molecule has 24 heavy (non-hydrogen) atoms. The van der Waals surface area contributed by atoms with Gasteiger partial charge in [0, 0.05) is 5.56 Å². The van der Waals surface area contributed by atoms with Crippen LogP contribution in [-0.2, 0) is 11.3 Å². The Morgan fingerprint density at radius 1 is 1.17 bits per heavy atom. The Morgan fingerprint density at radius 3 is 2.75 bits per heavy atom. The van der Waals surface area contributed by atoms with E-state index in [1.54, 1.807) is 12.1 Å². The minimum absolute atomic E-state index is 0.148. The monoisotopic (exact) mass is 362 g/mol. The van der Waals surface area contributed by atoms with Crippen LogP contribution in [0.3, 0.4) is 0 Å². The number of nitrogens with zero attached hydrogens (tertiary/aromatic N) is 2.